The van der Waals surface area contributed by atoms with Crippen LogP contribution in [0, 0.1) is 12.8 Å². The third kappa shape index (κ3) is 3.36. The molecule has 2 aromatic rings. The monoisotopic (exact) mass is 391 g/mol. The lowest BCUT2D eigenvalue weighted by Gasteiger charge is -2.12. The molecule has 0 unspecified atom stereocenters. The predicted octanol–water partition coefficient (Wildman–Crippen LogP) is 2.93. The van der Waals surface area contributed by atoms with Gasteiger partial charge in [0.1, 0.15) is 0 Å². The molecule has 1 aromatic carbocycles. The Hall–Kier alpha value is -2.15. The van der Waals surface area contributed by atoms with E-state index in [0.717, 1.165) is 15.9 Å². The Kier molecular flexibility index (Phi) is 4.71. The van der Waals surface area contributed by atoms with Crippen LogP contribution in [0.25, 0.3) is 5.69 Å². The number of nitrogens with zero attached hydrogens (tertiary/aromatic N) is 2. The number of carboxylic acid groups (broad SMARTS) is 1. The summed E-state index contributed by atoms with van der Waals surface area (Å²) in [4.78, 5) is 23.5. The van der Waals surface area contributed by atoms with Gasteiger partial charge in [-0.05, 0) is 44.4 Å². The van der Waals surface area contributed by atoms with Gasteiger partial charge in [0.25, 0.3) is 5.91 Å². The molecule has 2 N–H and O–H groups in total. The molecule has 1 heterocycles. The van der Waals surface area contributed by atoms with E-state index < -0.39 is 5.97 Å². The summed E-state index contributed by atoms with van der Waals surface area (Å²) in [6.45, 7) is 1.84. The zero-order valence-corrected chi connectivity index (χ0v) is 14.8. The number of amides is 1. The van der Waals surface area contributed by atoms with E-state index in [2.05, 4.69) is 26.3 Å². The van der Waals surface area contributed by atoms with Crippen LogP contribution < -0.4 is 5.32 Å². The van der Waals surface area contributed by atoms with Crippen molar-refractivity contribution in [2.45, 2.75) is 32.2 Å². The second-order valence-electron chi connectivity index (χ2n) is 6.05. The zero-order valence-electron chi connectivity index (χ0n) is 13.2. The lowest BCUT2D eigenvalue weighted by atomic mass is 10.1. The van der Waals surface area contributed by atoms with E-state index in [0.29, 0.717) is 24.8 Å². The van der Waals surface area contributed by atoms with Gasteiger partial charge in [-0.1, -0.05) is 22.0 Å². The maximum atomic E-state index is 12.5. The maximum absolute atomic E-state index is 12.5. The van der Waals surface area contributed by atoms with Crippen LogP contribution in [0.15, 0.2) is 34.9 Å². The highest BCUT2D eigenvalue weighted by atomic mass is 79.9. The normalized spacial score (nSPS) is 20.1. The van der Waals surface area contributed by atoms with Crippen molar-refractivity contribution in [3.63, 3.8) is 0 Å². The smallest absolute Gasteiger partial charge is 0.306 e. The predicted molar refractivity (Wildman–Crippen MR) is 92.2 cm³/mol. The Bertz CT molecular complexity index is 787. The highest BCUT2D eigenvalue weighted by Crippen LogP contribution is 2.26. The highest BCUT2D eigenvalue weighted by molar-refractivity contribution is 9.10. The Morgan fingerprint density at radius 1 is 1.38 bits per heavy atom. The molecule has 126 valence electrons. The van der Waals surface area contributed by atoms with Gasteiger partial charge in [-0.2, -0.15) is 5.10 Å². The fourth-order valence-electron chi connectivity index (χ4n) is 3.10. The summed E-state index contributed by atoms with van der Waals surface area (Å²) in [5.41, 5.74) is 2.12. The molecule has 3 rings (SSSR count). The lowest BCUT2D eigenvalue weighted by Crippen LogP contribution is -2.33. The van der Waals surface area contributed by atoms with Crippen molar-refractivity contribution >= 4 is 27.8 Å². The average molecular weight is 392 g/mol. The summed E-state index contributed by atoms with van der Waals surface area (Å²) in [6.07, 6.45) is 3.34. The van der Waals surface area contributed by atoms with Gasteiger partial charge in [-0.15, -0.1) is 0 Å². The number of nitrogens with one attached hydrogen (secondary N) is 1. The van der Waals surface area contributed by atoms with Crippen LogP contribution in [0.1, 0.15) is 35.3 Å². The molecule has 0 bridgehead atoms. The number of carbonyl (C=O) groups excluding carboxylic acids is 1. The highest BCUT2D eigenvalue weighted by Gasteiger charge is 2.31. The second kappa shape index (κ2) is 6.76. The van der Waals surface area contributed by atoms with Crippen molar-refractivity contribution in [3.05, 3.63) is 46.2 Å². The van der Waals surface area contributed by atoms with Crippen molar-refractivity contribution in [3.8, 4) is 5.69 Å². The summed E-state index contributed by atoms with van der Waals surface area (Å²) >= 11 is 3.43. The number of aliphatic carboxylic acids is 1. The molecule has 2 atom stereocenters. The fraction of sp³-hybridized carbons (Fsp3) is 0.353. The standard InChI is InChI=1S/C17H18BrN3O3/c1-10-15(9-19-21(10)14-4-2-3-12(18)8-14)16(22)20-13-6-5-11(7-13)17(23)24/h2-4,8-9,11,13H,5-7H2,1H3,(H,20,22)(H,23,24)/t11-,13+/m0/s1. The van der Waals surface area contributed by atoms with Gasteiger partial charge in [0.15, 0.2) is 0 Å². The van der Waals surface area contributed by atoms with Crippen LogP contribution >= 0.6 is 15.9 Å². The van der Waals surface area contributed by atoms with Gasteiger partial charge in [0.2, 0.25) is 0 Å². The first-order valence-electron chi connectivity index (χ1n) is 7.80. The molecule has 1 saturated carbocycles. The van der Waals surface area contributed by atoms with Crippen molar-refractivity contribution in [2.75, 3.05) is 0 Å². The van der Waals surface area contributed by atoms with Crippen LogP contribution in [0.4, 0.5) is 0 Å². The molecule has 1 aliphatic rings. The van der Waals surface area contributed by atoms with Crippen LogP contribution in [0.5, 0.6) is 0 Å². The number of carbonyl (C=O) groups is 2. The SMILES string of the molecule is Cc1c(C(=O)N[C@@H]2CC[C@H](C(=O)O)C2)cnn1-c1cccc(Br)c1. The van der Waals surface area contributed by atoms with E-state index in [1.54, 1.807) is 10.9 Å². The molecular weight excluding hydrogens is 374 g/mol. The quantitative estimate of drug-likeness (QED) is 0.838. The van der Waals surface area contributed by atoms with Gasteiger partial charge in [0.05, 0.1) is 29.1 Å². The van der Waals surface area contributed by atoms with E-state index in [1.807, 2.05) is 31.2 Å². The van der Waals surface area contributed by atoms with Gasteiger partial charge in [-0.3, -0.25) is 9.59 Å². The molecule has 0 saturated heterocycles. The first-order valence-corrected chi connectivity index (χ1v) is 8.59. The fourth-order valence-corrected chi connectivity index (χ4v) is 3.49. The third-order valence-corrected chi connectivity index (χ3v) is 4.92. The topological polar surface area (TPSA) is 84.2 Å². The lowest BCUT2D eigenvalue weighted by molar-refractivity contribution is -0.141. The van der Waals surface area contributed by atoms with Crippen molar-refractivity contribution < 1.29 is 14.7 Å². The molecule has 24 heavy (non-hydrogen) atoms. The van der Waals surface area contributed by atoms with E-state index >= 15 is 0 Å². The Morgan fingerprint density at radius 2 is 2.17 bits per heavy atom. The minimum Gasteiger partial charge on any atom is -0.481 e. The molecule has 1 aliphatic carbocycles. The molecule has 7 heteroatoms. The Labute approximate surface area is 148 Å². The molecule has 0 aliphatic heterocycles. The number of hydrogen-bond donors (Lipinski definition) is 2. The second-order valence-corrected chi connectivity index (χ2v) is 6.97. The number of halogens is 1. The molecule has 1 amide bonds. The number of rotatable bonds is 4. The van der Waals surface area contributed by atoms with E-state index in [1.165, 1.54) is 0 Å². The van der Waals surface area contributed by atoms with Crippen LogP contribution in [-0.4, -0.2) is 32.8 Å². The number of carboxylic acids is 1. The van der Waals surface area contributed by atoms with Crippen LogP contribution in [0.2, 0.25) is 0 Å². The van der Waals surface area contributed by atoms with Gasteiger partial charge in [0, 0.05) is 10.5 Å². The van der Waals surface area contributed by atoms with Gasteiger partial charge >= 0.3 is 5.97 Å². The number of benzene rings is 1. The van der Waals surface area contributed by atoms with E-state index in [4.69, 9.17) is 5.11 Å². The molecule has 1 aromatic heterocycles. The largest absolute Gasteiger partial charge is 0.481 e. The summed E-state index contributed by atoms with van der Waals surface area (Å²) in [6, 6.07) is 7.59. The number of hydrogen-bond acceptors (Lipinski definition) is 3. The third-order valence-electron chi connectivity index (χ3n) is 4.42. The summed E-state index contributed by atoms with van der Waals surface area (Å²) in [7, 11) is 0. The van der Waals surface area contributed by atoms with Crippen molar-refractivity contribution in [1.82, 2.24) is 15.1 Å². The summed E-state index contributed by atoms with van der Waals surface area (Å²) in [5, 5.41) is 16.3. The average Bonchev–Trinajstić information content (AvgIpc) is 3.14. The van der Waals surface area contributed by atoms with Crippen LogP contribution in [-0.2, 0) is 4.79 Å². The zero-order chi connectivity index (χ0) is 17.3. The molecule has 6 nitrogen and oxygen atoms in total. The summed E-state index contributed by atoms with van der Waals surface area (Å²) < 4.78 is 2.65. The Balaban J connectivity index is 1.74. The molecule has 0 radical (unpaired) electrons. The van der Waals surface area contributed by atoms with Crippen molar-refractivity contribution in [2.24, 2.45) is 5.92 Å². The minimum absolute atomic E-state index is 0.0905. The van der Waals surface area contributed by atoms with Gasteiger partial charge < -0.3 is 10.4 Å². The first-order chi connectivity index (χ1) is 11.5. The minimum atomic E-state index is -0.787. The summed E-state index contributed by atoms with van der Waals surface area (Å²) in [5.74, 6) is -1.35. The van der Waals surface area contributed by atoms with E-state index in [9.17, 15) is 9.59 Å². The maximum Gasteiger partial charge on any atom is 0.306 e. The van der Waals surface area contributed by atoms with Gasteiger partial charge in [-0.25, -0.2) is 4.68 Å². The molecular formula is C17H18BrN3O3. The van der Waals surface area contributed by atoms with Crippen LogP contribution in [0.3, 0.4) is 0 Å². The molecule has 1 fully saturated rings. The Morgan fingerprint density at radius 3 is 2.83 bits per heavy atom. The van der Waals surface area contributed by atoms with Crippen molar-refractivity contribution in [1.29, 1.82) is 0 Å². The first kappa shape index (κ1) is 16.7. The number of aromatic nitrogens is 2. The molecule has 0 spiro atoms. The van der Waals surface area contributed by atoms with E-state index in [-0.39, 0.29) is 17.9 Å².